The Bertz CT molecular complexity index is 601. The number of amides is 1. The molecule has 0 radical (unpaired) electrons. The number of aliphatic hydroxyl groups excluding tert-OH is 1. The van der Waals surface area contributed by atoms with E-state index in [2.05, 4.69) is 10.3 Å². The number of aromatic nitrogens is 1. The predicted molar refractivity (Wildman–Crippen MR) is 83.4 cm³/mol. The zero-order valence-electron chi connectivity index (χ0n) is 11.9. The largest absolute Gasteiger partial charge is 0.391 e. The Morgan fingerprint density at radius 3 is 2.75 bits per heavy atom. The molecule has 0 aliphatic carbocycles. The number of rotatable bonds is 4. The van der Waals surface area contributed by atoms with Gasteiger partial charge in [0.1, 0.15) is 9.88 Å². The third-order valence-corrected chi connectivity index (χ3v) is 5.41. The van der Waals surface area contributed by atoms with Gasteiger partial charge >= 0.3 is 0 Å². The maximum absolute atomic E-state index is 12.3. The Hall–Kier alpha value is -1.24. The molecule has 0 aliphatic rings. The summed E-state index contributed by atoms with van der Waals surface area (Å²) in [6, 6.07) is 3.96. The first-order valence-electron chi connectivity index (χ1n) is 6.33. The van der Waals surface area contributed by atoms with Crippen molar-refractivity contribution in [2.24, 2.45) is 0 Å². The van der Waals surface area contributed by atoms with Crippen molar-refractivity contribution in [2.75, 3.05) is 0 Å². The molecule has 0 bridgehead atoms. The molecule has 2 aromatic heterocycles. The number of carbonyl (C=O) groups is 1. The van der Waals surface area contributed by atoms with Crippen LogP contribution in [0, 0.1) is 6.92 Å². The number of aryl methyl sites for hydroxylation is 1. The summed E-state index contributed by atoms with van der Waals surface area (Å²) in [5.74, 6) is -0.186. The first kappa shape index (κ1) is 15.2. The highest BCUT2D eigenvalue weighted by atomic mass is 32.1. The van der Waals surface area contributed by atoms with E-state index in [9.17, 15) is 9.90 Å². The van der Waals surface area contributed by atoms with Gasteiger partial charge in [0.15, 0.2) is 0 Å². The molecular weight excluding hydrogens is 292 g/mol. The Morgan fingerprint density at radius 1 is 1.50 bits per heavy atom. The lowest BCUT2D eigenvalue weighted by Gasteiger charge is -2.29. The SMILES string of the molecule is Cc1nc(-c2cccs2)sc1C(=O)NC(C)(C)C(C)O. The molecule has 20 heavy (non-hydrogen) atoms. The molecule has 108 valence electrons. The lowest BCUT2D eigenvalue weighted by molar-refractivity contribution is 0.0712. The van der Waals surface area contributed by atoms with Crippen molar-refractivity contribution in [1.29, 1.82) is 0 Å². The fourth-order valence-electron chi connectivity index (χ4n) is 1.57. The van der Waals surface area contributed by atoms with Gasteiger partial charge in [-0.3, -0.25) is 4.79 Å². The second-order valence-corrected chi connectivity index (χ2v) is 7.21. The summed E-state index contributed by atoms with van der Waals surface area (Å²) < 4.78 is 0. The molecule has 0 aromatic carbocycles. The van der Waals surface area contributed by atoms with Crippen LogP contribution in [0.25, 0.3) is 9.88 Å². The third kappa shape index (κ3) is 3.08. The Labute approximate surface area is 126 Å². The topological polar surface area (TPSA) is 62.2 Å². The lowest BCUT2D eigenvalue weighted by Crippen LogP contribution is -2.50. The third-order valence-electron chi connectivity index (χ3n) is 3.21. The zero-order chi connectivity index (χ0) is 14.9. The molecule has 2 N–H and O–H groups in total. The fourth-order valence-corrected chi connectivity index (χ4v) is 3.32. The van der Waals surface area contributed by atoms with Gasteiger partial charge in [-0.1, -0.05) is 6.07 Å². The fraction of sp³-hybridized carbons (Fsp3) is 0.429. The van der Waals surface area contributed by atoms with Crippen molar-refractivity contribution in [3.05, 3.63) is 28.1 Å². The molecule has 4 nitrogen and oxygen atoms in total. The van der Waals surface area contributed by atoms with Crippen LogP contribution in [0.1, 0.15) is 36.1 Å². The normalized spacial score (nSPS) is 13.2. The van der Waals surface area contributed by atoms with E-state index >= 15 is 0 Å². The van der Waals surface area contributed by atoms with Crippen molar-refractivity contribution in [1.82, 2.24) is 10.3 Å². The monoisotopic (exact) mass is 310 g/mol. The molecule has 0 fully saturated rings. The molecule has 2 heterocycles. The minimum atomic E-state index is -0.670. The molecule has 1 unspecified atom stereocenters. The molecule has 1 atom stereocenters. The van der Waals surface area contributed by atoms with E-state index in [1.807, 2.05) is 24.4 Å². The molecule has 0 saturated carbocycles. The molecule has 0 spiro atoms. The standard InChI is InChI=1S/C14H18N2O2S2/c1-8-11(12(18)16-14(3,4)9(2)17)20-13(15-8)10-6-5-7-19-10/h5-7,9,17H,1-4H3,(H,16,18). The molecule has 2 rings (SSSR count). The number of nitrogens with one attached hydrogen (secondary N) is 1. The summed E-state index contributed by atoms with van der Waals surface area (Å²) in [5, 5.41) is 15.4. The summed E-state index contributed by atoms with van der Waals surface area (Å²) in [7, 11) is 0. The van der Waals surface area contributed by atoms with Crippen molar-refractivity contribution < 1.29 is 9.90 Å². The van der Waals surface area contributed by atoms with E-state index in [0.29, 0.717) is 4.88 Å². The summed E-state index contributed by atoms with van der Waals surface area (Å²) in [6.07, 6.45) is -0.628. The molecular formula is C14H18N2O2S2. The van der Waals surface area contributed by atoms with Crippen molar-refractivity contribution in [3.8, 4) is 9.88 Å². The molecule has 6 heteroatoms. The van der Waals surface area contributed by atoms with Gasteiger partial charge < -0.3 is 10.4 Å². The quantitative estimate of drug-likeness (QED) is 0.912. The van der Waals surface area contributed by atoms with Crippen LogP contribution in [0.15, 0.2) is 17.5 Å². The molecule has 0 saturated heterocycles. The number of hydrogen-bond acceptors (Lipinski definition) is 5. The van der Waals surface area contributed by atoms with Crippen LogP contribution < -0.4 is 5.32 Å². The van der Waals surface area contributed by atoms with Crippen molar-refractivity contribution >= 4 is 28.6 Å². The van der Waals surface area contributed by atoms with Crippen molar-refractivity contribution in [2.45, 2.75) is 39.3 Å². The van der Waals surface area contributed by atoms with Crippen LogP contribution >= 0.6 is 22.7 Å². The van der Waals surface area contributed by atoms with Gasteiger partial charge in [0, 0.05) is 0 Å². The van der Waals surface area contributed by atoms with Gasteiger partial charge in [-0.2, -0.15) is 0 Å². The summed E-state index contributed by atoms with van der Waals surface area (Å²) in [6.45, 7) is 7.09. The molecule has 0 aliphatic heterocycles. The van der Waals surface area contributed by atoms with E-state index in [1.54, 1.807) is 32.1 Å². The molecule has 2 aromatic rings. The van der Waals surface area contributed by atoms with E-state index in [1.165, 1.54) is 11.3 Å². The van der Waals surface area contributed by atoms with Gasteiger partial charge in [-0.25, -0.2) is 4.98 Å². The highest BCUT2D eigenvalue weighted by molar-refractivity contribution is 7.22. The van der Waals surface area contributed by atoms with Gasteiger partial charge in [0.05, 0.1) is 22.2 Å². The van der Waals surface area contributed by atoms with Crippen LogP contribution in [-0.4, -0.2) is 27.6 Å². The second kappa shape index (κ2) is 5.63. The maximum Gasteiger partial charge on any atom is 0.263 e. The van der Waals surface area contributed by atoms with Crippen LogP contribution in [-0.2, 0) is 0 Å². The summed E-state index contributed by atoms with van der Waals surface area (Å²) in [4.78, 5) is 18.4. The van der Waals surface area contributed by atoms with E-state index in [-0.39, 0.29) is 5.91 Å². The number of hydrogen-bond donors (Lipinski definition) is 2. The van der Waals surface area contributed by atoms with Crippen LogP contribution in [0.5, 0.6) is 0 Å². The highest BCUT2D eigenvalue weighted by Gasteiger charge is 2.28. The number of aliphatic hydroxyl groups is 1. The zero-order valence-corrected chi connectivity index (χ0v) is 13.6. The molecule has 1 amide bonds. The van der Waals surface area contributed by atoms with Gasteiger partial charge in [0.25, 0.3) is 5.91 Å². The second-order valence-electron chi connectivity index (χ2n) is 5.26. The first-order chi connectivity index (χ1) is 9.31. The van der Waals surface area contributed by atoms with E-state index in [0.717, 1.165) is 15.6 Å². The average Bonchev–Trinajstić information content (AvgIpc) is 2.96. The number of nitrogens with zero attached hydrogens (tertiary/aromatic N) is 1. The van der Waals surface area contributed by atoms with Crippen molar-refractivity contribution in [3.63, 3.8) is 0 Å². The number of thiophene rings is 1. The first-order valence-corrected chi connectivity index (χ1v) is 8.03. The average molecular weight is 310 g/mol. The van der Waals surface area contributed by atoms with Gasteiger partial charge in [-0.15, -0.1) is 22.7 Å². The predicted octanol–water partition coefficient (Wildman–Crippen LogP) is 3.07. The summed E-state index contributed by atoms with van der Waals surface area (Å²) >= 11 is 2.99. The minimum absolute atomic E-state index is 0.186. The number of thiazole rings is 1. The lowest BCUT2D eigenvalue weighted by atomic mass is 9.99. The Balaban J connectivity index is 2.23. The smallest absolute Gasteiger partial charge is 0.263 e. The van der Waals surface area contributed by atoms with Crippen LogP contribution in [0.3, 0.4) is 0 Å². The Morgan fingerprint density at radius 2 is 2.20 bits per heavy atom. The van der Waals surface area contributed by atoms with Gasteiger partial charge in [0.2, 0.25) is 0 Å². The number of carbonyl (C=O) groups excluding carboxylic acids is 1. The van der Waals surface area contributed by atoms with Gasteiger partial charge in [-0.05, 0) is 39.1 Å². The van der Waals surface area contributed by atoms with E-state index < -0.39 is 11.6 Å². The Kier molecular flexibility index (Phi) is 4.27. The summed E-state index contributed by atoms with van der Waals surface area (Å²) in [5.41, 5.74) is 0.0497. The van der Waals surface area contributed by atoms with Crippen LogP contribution in [0.2, 0.25) is 0 Å². The van der Waals surface area contributed by atoms with Crippen LogP contribution in [0.4, 0.5) is 0 Å². The highest BCUT2D eigenvalue weighted by Crippen LogP contribution is 2.31. The maximum atomic E-state index is 12.3. The minimum Gasteiger partial charge on any atom is -0.391 e. The van der Waals surface area contributed by atoms with E-state index in [4.69, 9.17) is 0 Å².